The molecular weight excluding hydrogens is 572 g/mol. The van der Waals surface area contributed by atoms with Gasteiger partial charge in [-0.2, -0.15) is 0 Å². The van der Waals surface area contributed by atoms with Crippen LogP contribution in [0.25, 0.3) is 0 Å². The largest absolute Gasteiger partial charge is 0.497 e. The van der Waals surface area contributed by atoms with Gasteiger partial charge < -0.3 is 28.7 Å². The van der Waals surface area contributed by atoms with Crippen LogP contribution in [0.5, 0.6) is 17.2 Å². The van der Waals surface area contributed by atoms with Crippen molar-refractivity contribution in [3.05, 3.63) is 82.9 Å². The smallest absolute Gasteiger partial charge is 0.318 e. The number of anilines is 1. The number of rotatable bonds is 8. The molecule has 0 aliphatic carbocycles. The molecule has 2 aliphatic heterocycles. The van der Waals surface area contributed by atoms with Crippen molar-refractivity contribution in [2.45, 2.75) is 30.7 Å². The van der Waals surface area contributed by atoms with Gasteiger partial charge in [0, 0.05) is 30.2 Å². The SMILES string of the molecule is COC(=O)C1(c2ccccc2Cl)CCN(C(=O)C2CCC(=O)N(c3ccc(OC)cc3)C2c2ccc(OC)c(OC)c2)C1. The van der Waals surface area contributed by atoms with Crippen molar-refractivity contribution in [1.82, 2.24) is 4.90 Å². The van der Waals surface area contributed by atoms with Gasteiger partial charge in [0.05, 0.1) is 40.4 Å². The maximum Gasteiger partial charge on any atom is 0.318 e. The van der Waals surface area contributed by atoms with Crippen LogP contribution in [0.1, 0.15) is 36.4 Å². The van der Waals surface area contributed by atoms with Gasteiger partial charge in [-0.3, -0.25) is 14.4 Å². The van der Waals surface area contributed by atoms with E-state index in [1.54, 1.807) is 61.5 Å². The molecule has 3 atom stereocenters. The van der Waals surface area contributed by atoms with E-state index in [0.717, 1.165) is 5.56 Å². The fourth-order valence-corrected chi connectivity index (χ4v) is 6.71. The molecule has 0 saturated carbocycles. The van der Waals surface area contributed by atoms with Crippen LogP contribution in [0.2, 0.25) is 5.02 Å². The van der Waals surface area contributed by atoms with Crippen molar-refractivity contribution < 1.29 is 33.3 Å². The van der Waals surface area contributed by atoms with Crippen molar-refractivity contribution in [3.8, 4) is 17.2 Å². The second kappa shape index (κ2) is 12.6. The molecule has 43 heavy (non-hydrogen) atoms. The Morgan fingerprint density at radius 1 is 0.907 bits per heavy atom. The molecular formula is C33H35ClN2O7. The van der Waals surface area contributed by atoms with Gasteiger partial charge in [-0.15, -0.1) is 0 Å². The van der Waals surface area contributed by atoms with Gasteiger partial charge in [0.25, 0.3) is 0 Å². The molecule has 2 amide bonds. The zero-order valence-corrected chi connectivity index (χ0v) is 25.4. The normalized spacial score (nSPS) is 21.8. The first-order chi connectivity index (χ1) is 20.8. The zero-order valence-electron chi connectivity index (χ0n) is 24.7. The first-order valence-corrected chi connectivity index (χ1v) is 14.5. The molecule has 2 aliphatic rings. The van der Waals surface area contributed by atoms with E-state index in [1.807, 2.05) is 36.4 Å². The Labute approximate surface area is 256 Å². The lowest BCUT2D eigenvalue weighted by Crippen LogP contribution is -2.50. The summed E-state index contributed by atoms with van der Waals surface area (Å²) in [6.45, 7) is 0.457. The van der Waals surface area contributed by atoms with Crippen molar-refractivity contribution in [1.29, 1.82) is 0 Å². The third-order valence-electron chi connectivity index (χ3n) is 8.56. The highest BCUT2D eigenvalue weighted by atomic mass is 35.5. The standard InChI is InChI=1S/C33H35ClN2O7/c1-40-23-12-10-22(11-13-23)36-29(37)16-14-24(30(36)21-9-15-27(41-2)28(19-21)42-3)31(38)35-18-17-33(20-35,32(39)43-4)25-7-5-6-8-26(25)34/h5-13,15,19,24,30H,14,16-18,20H2,1-4H3. The molecule has 3 aromatic carbocycles. The number of piperidine rings is 1. The topological polar surface area (TPSA) is 94.6 Å². The van der Waals surface area contributed by atoms with E-state index in [0.29, 0.717) is 52.9 Å². The molecule has 2 saturated heterocycles. The van der Waals surface area contributed by atoms with Gasteiger partial charge in [-0.1, -0.05) is 35.9 Å². The summed E-state index contributed by atoms with van der Waals surface area (Å²) in [5.41, 5.74) is 0.907. The Morgan fingerprint density at radius 2 is 1.63 bits per heavy atom. The number of ether oxygens (including phenoxy) is 4. The lowest BCUT2D eigenvalue weighted by molar-refractivity contribution is -0.147. The van der Waals surface area contributed by atoms with Crippen LogP contribution in [-0.2, 0) is 24.5 Å². The first kappa shape index (κ1) is 30.2. The van der Waals surface area contributed by atoms with Crippen molar-refractivity contribution >= 4 is 35.1 Å². The molecule has 2 heterocycles. The Balaban J connectivity index is 1.56. The quantitative estimate of drug-likeness (QED) is 0.326. The maximum atomic E-state index is 14.5. The molecule has 3 unspecified atom stereocenters. The van der Waals surface area contributed by atoms with E-state index in [4.69, 9.17) is 30.5 Å². The highest BCUT2D eigenvalue weighted by Gasteiger charge is 2.52. The van der Waals surface area contributed by atoms with E-state index < -0.39 is 23.3 Å². The summed E-state index contributed by atoms with van der Waals surface area (Å²) in [6.07, 6.45) is 0.897. The number of methoxy groups -OCH3 is 4. The number of benzene rings is 3. The Hall–Kier alpha value is -4.24. The minimum absolute atomic E-state index is 0.101. The molecule has 0 spiro atoms. The predicted molar refractivity (Wildman–Crippen MR) is 162 cm³/mol. The number of hydrogen-bond donors (Lipinski definition) is 0. The summed E-state index contributed by atoms with van der Waals surface area (Å²) in [5, 5.41) is 0.444. The fourth-order valence-electron chi connectivity index (χ4n) is 6.39. The molecule has 0 radical (unpaired) electrons. The van der Waals surface area contributed by atoms with Crippen LogP contribution in [0.3, 0.4) is 0 Å². The summed E-state index contributed by atoms with van der Waals surface area (Å²) < 4.78 is 21.6. The number of halogens is 1. The van der Waals surface area contributed by atoms with Gasteiger partial charge in [-0.05, 0) is 66.4 Å². The van der Waals surface area contributed by atoms with Gasteiger partial charge >= 0.3 is 5.97 Å². The average molecular weight is 607 g/mol. The molecule has 226 valence electrons. The van der Waals surface area contributed by atoms with E-state index in [9.17, 15) is 14.4 Å². The number of carbonyl (C=O) groups excluding carboxylic acids is 3. The van der Waals surface area contributed by atoms with Gasteiger partial charge in [0.15, 0.2) is 11.5 Å². The molecule has 0 bridgehead atoms. The van der Waals surface area contributed by atoms with Crippen LogP contribution in [0.15, 0.2) is 66.7 Å². The number of nitrogens with zero attached hydrogens (tertiary/aromatic N) is 2. The Kier molecular flexibility index (Phi) is 8.82. The zero-order chi connectivity index (χ0) is 30.7. The molecule has 10 heteroatoms. The lowest BCUT2D eigenvalue weighted by Gasteiger charge is -2.42. The van der Waals surface area contributed by atoms with E-state index in [-0.39, 0.29) is 24.8 Å². The van der Waals surface area contributed by atoms with Crippen molar-refractivity contribution in [2.75, 3.05) is 46.4 Å². The second-order valence-electron chi connectivity index (χ2n) is 10.7. The third-order valence-corrected chi connectivity index (χ3v) is 8.89. The molecule has 3 aromatic rings. The first-order valence-electron chi connectivity index (χ1n) is 14.1. The molecule has 0 aromatic heterocycles. The summed E-state index contributed by atoms with van der Waals surface area (Å²) in [6, 6.07) is 19.2. The average Bonchev–Trinajstić information content (AvgIpc) is 3.50. The monoisotopic (exact) mass is 606 g/mol. The number of esters is 1. The predicted octanol–water partition coefficient (Wildman–Crippen LogP) is 5.19. The minimum Gasteiger partial charge on any atom is -0.497 e. The highest BCUT2D eigenvalue weighted by Crippen LogP contribution is 2.45. The Morgan fingerprint density at radius 3 is 2.28 bits per heavy atom. The van der Waals surface area contributed by atoms with E-state index in [1.165, 1.54) is 7.11 Å². The van der Waals surface area contributed by atoms with Crippen molar-refractivity contribution in [3.63, 3.8) is 0 Å². The molecule has 0 N–H and O–H groups in total. The van der Waals surface area contributed by atoms with E-state index >= 15 is 0 Å². The third kappa shape index (κ3) is 5.49. The van der Waals surface area contributed by atoms with Gasteiger partial charge in [-0.25, -0.2) is 0 Å². The highest BCUT2D eigenvalue weighted by molar-refractivity contribution is 6.31. The van der Waals surface area contributed by atoms with Crippen LogP contribution in [-0.4, -0.2) is 64.2 Å². The van der Waals surface area contributed by atoms with Crippen LogP contribution >= 0.6 is 11.6 Å². The number of hydrogen-bond acceptors (Lipinski definition) is 7. The summed E-state index contributed by atoms with van der Waals surface area (Å²) in [7, 11) is 6.02. The second-order valence-corrected chi connectivity index (χ2v) is 11.1. The summed E-state index contributed by atoms with van der Waals surface area (Å²) in [4.78, 5) is 44.7. The number of amides is 2. The number of likely N-dealkylation sites (tertiary alicyclic amines) is 1. The van der Waals surface area contributed by atoms with Gasteiger partial charge in [0.1, 0.15) is 11.2 Å². The van der Waals surface area contributed by atoms with Crippen LogP contribution in [0, 0.1) is 5.92 Å². The Bertz CT molecular complexity index is 1510. The lowest BCUT2D eigenvalue weighted by atomic mass is 9.79. The van der Waals surface area contributed by atoms with Gasteiger partial charge in [0.2, 0.25) is 11.8 Å². The van der Waals surface area contributed by atoms with Crippen LogP contribution < -0.4 is 19.1 Å². The molecule has 5 rings (SSSR count). The maximum absolute atomic E-state index is 14.5. The summed E-state index contributed by atoms with van der Waals surface area (Å²) in [5.74, 6) is 0.389. The number of carbonyl (C=O) groups is 3. The fraction of sp³-hybridized carbons (Fsp3) is 0.364. The molecule has 2 fully saturated rings. The molecule has 9 nitrogen and oxygen atoms in total. The minimum atomic E-state index is -1.10. The van der Waals surface area contributed by atoms with E-state index in [2.05, 4.69) is 0 Å². The summed E-state index contributed by atoms with van der Waals surface area (Å²) >= 11 is 6.57. The van der Waals surface area contributed by atoms with Crippen LogP contribution in [0.4, 0.5) is 5.69 Å². The van der Waals surface area contributed by atoms with Crippen molar-refractivity contribution in [2.24, 2.45) is 5.92 Å².